The van der Waals surface area contributed by atoms with E-state index in [0.29, 0.717) is 18.8 Å². The SMILES string of the molecule is Cc1ccc(NC(=O)Cn2c(=O)oc3cc(S(=O)(=O)N4CCOCC4)ccc32)cc1F. The van der Waals surface area contributed by atoms with E-state index < -0.39 is 27.5 Å². The molecule has 0 aliphatic carbocycles. The number of hydrogen-bond donors (Lipinski definition) is 1. The third-order valence-corrected chi connectivity index (χ3v) is 6.90. The fourth-order valence-corrected chi connectivity index (χ4v) is 4.73. The Morgan fingerprint density at radius 1 is 1.16 bits per heavy atom. The van der Waals surface area contributed by atoms with Gasteiger partial charge < -0.3 is 14.5 Å². The first-order chi connectivity index (χ1) is 14.8. The zero-order valence-corrected chi connectivity index (χ0v) is 17.4. The second kappa shape index (κ2) is 8.25. The molecule has 0 spiro atoms. The van der Waals surface area contributed by atoms with Crippen molar-refractivity contribution < 1.29 is 26.8 Å². The number of carbonyl (C=O) groups is 1. The summed E-state index contributed by atoms with van der Waals surface area (Å²) in [4.78, 5) is 24.6. The third kappa shape index (κ3) is 4.24. The van der Waals surface area contributed by atoms with Crippen LogP contribution >= 0.6 is 0 Å². The summed E-state index contributed by atoms with van der Waals surface area (Å²) < 4.78 is 52.0. The van der Waals surface area contributed by atoms with E-state index in [1.54, 1.807) is 13.0 Å². The number of halogens is 1. The predicted molar refractivity (Wildman–Crippen MR) is 110 cm³/mol. The van der Waals surface area contributed by atoms with Crippen molar-refractivity contribution >= 4 is 32.7 Å². The van der Waals surface area contributed by atoms with Gasteiger partial charge in [-0.05, 0) is 36.8 Å². The molecular formula is C20H20FN3O6S. The van der Waals surface area contributed by atoms with E-state index in [1.165, 1.54) is 34.6 Å². The Morgan fingerprint density at radius 3 is 2.61 bits per heavy atom. The van der Waals surface area contributed by atoms with Gasteiger partial charge in [-0.2, -0.15) is 4.31 Å². The Labute approximate surface area is 177 Å². The number of rotatable bonds is 5. The molecular weight excluding hydrogens is 429 g/mol. The first kappa shape index (κ1) is 21.2. The van der Waals surface area contributed by atoms with Crippen LogP contribution in [0.3, 0.4) is 0 Å². The van der Waals surface area contributed by atoms with Crippen LogP contribution in [0.5, 0.6) is 0 Å². The number of sulfonamides is 1. The highest BCUT2D eigenvalue weighted by Crippen LogP contribution is 2.22. The van der Waals surface area contributed by atoms with Crippen LogP contribution in [-0.2, 0) is 26.1 Å². The van der Waals surface area contributed by atoms with Crippen molar-refractivity contribution in [2.45, 2.75) is 18.4 Å². The Bertz CT molecular complexity index is 1310. The smallest absolute Gasteiger partial charge is 0.408 e. The Morgan fingerprint density at radius 2 is 1.90 bits per heavy atom. The lowest BCUT2D eigenvalue weighted by Crippen LogP contribution is -2.40. The fourth-order valence-electron chi connectivity index (χ4n) is 3.31. The minimum atomic E-state index is -3.76. The van der Waals surface area contributed by atoms with Crippen molar-refractivity contribution in [3.05, 3.63) is 58.3 Å². The maximum atomic E-state index is 13.7. The van der Waals surface area contributed by atoms with Crippen molar-refractivity contribution in [1.82, 2.24) is 8.87 Å². The van der Waals surface area contributed by atoms with Crippen LogP contribution in [0.1, 0.15) is 5.56 Å². The molecule has 0 bridgehead atoms. The molecule has 1 aliphatic heterocycles. The largest absolute Gasteiger partial charge is 0.420 e. The lowest BCUT2D eigenvalue weighted by molar-refractivity contribution is -0.116. The molecule has 1 amide bonds. The Kier molecular flexibility index (Phi) is 5.65. The molecule has 0 radical (unpaired) electrons. The Balaban J connectivity index is 1.58. The molecule has 0 unspecified atom stereocenters. The molecule has 2 aromatic carbocycles. The number of anilines is 1. The zero-order chi connectivity index (χ0) is 22.2. The number of morpholine rings is 1. The van der Waals surface area contributed by atoms with Gasteiger partial charge in [0.1, 0.15) is 12.4 Å². The van der Waals surface area contributed by atoms with Crippen LogP contribution in [0.4, 0.5) is 10.1 Å². The van der Waals surface area contributed by atoms with Gasteiger partial charge in [0.25, 0.3) is 0 Å². The predicted octanol–water partition coefficient (Wildman–Crippen LogP) is 1.70. The number of amides is 1. The number of hydrogen-bond acceptors (Lipinski definition) is 6. The summed E-state index contributed by atoms with van der Waals surface area (Å²) in [6, 6.07) is 8.33. The van der Waals surface area contributed by atoms with Gasteiger partial charge >= 0.3 is 5.76 Å². The quantitative estimate of drug-likeness (QED) is 0.635. The van der Waals surface area contributed by atoms with Crippen LogP contribution in [-0.4, -0.2) is 49.5 Å². The summed E-state index contributed by atoms with van der Waals surface area (Å²) in [5, 5.41) is 2.52. The lowest BCUT2D eigenvalue weighted by atomic mass is 10.2. The molecule has 1 aromatic heterocycles. The summed E-state index contributed by atoms with van der Waals surface area (Å²) in [6.45, 7) is 2.33. The monoisotopic (exact) mass is 449 g/mol. The molecule has 1 fully saturated rings. The number of ether oxygens (including phenoxy) is 1. The number of fused-ring (bicyclic) bond motifs is 1. The molecule has 0 atom stereocenters. The van der Waals surface area contributed by atoms with Crippen molar-refractivity contribution in [2.75, 3.05) is 31.6 Å². The molecule has 1 aliphatic rings. The molecule has 31 heavy (non-hydrogen) atoms. The highest BCUT2D eigenvalue weighted by Gasteiger charge is 2.27. The Hall–Kier alpha value is -3.02. The highest BCUT2D eigenvalue weighted by atomic mass is 32.2. The summed E-state index contributed by atoms with van der Waals surface area (Å²) in [5.41, 5.74) is 1.02. The van der Waals surface area contributed by atoms with E-state index >= 15 is 0 Å². The number of nitrogens with one attached hydrogen (secondary N) is 1. The minimum absolute atomic E-state index is 0.0117. The average Bonchev–Trinajstić information content (AvgIpc) is 3.05. The third-order valence-electron chi connectivity index (χ3n) is 5.00. The van der Waals surface area contributed by atoms with E-state index in [1.807, 2.05) is 0 Å². The lowest BCUT2D eigenvalue weighted by Gasteiger charge is -2.25. The first-order valence-electron chi connectivity index (χ1n) is 9.53. The molecule has 1 saturated heterocycles. The number of oxazole rings is 1. The first-order valence-corrected chi connectivity index (χ1v) is 11.0. The average molecular weight is 449 g/mol. The number of carbonyl (C=O) groups excluding carboxylic acids is 1. The minimum Gasteiger partial charge on any atom is -0.408 e. The molecule has 4 rings (SSSR count). The second-order valence-electron chi connectivity index (χ2n) is 7.11. The normalized spacial score (nSPS) is 15.3. The van der Waals surface area contributed by atoms with Gasteiger partial charge in [0.2, 0.25) is 15.9 Å². The number of benzene rings is 2. The number of aromatic nitrogens is 1. The van der Waals surface area contributed by atoms with E-state index in [9.17, 15) is 22.4 Å². The van der Waals surface area contributed by atoms with Gasteiger partial charge in [0, 0.05) is 24.8 Å². The van der Waals surface area contributed by atoms with Crippen LogP contribution in [0.15, 0.2) is 50.5 Å². The standard InChI is InChI=1S/C20H20FN3O6S/c1-13-2-3-14(10-16(13)21)22-19(25)12-24-17-5-4-15(11-18(17)30-20(24)26)31(27,28)23-6-8-29-9-7-23/h2-5,10-11H,6-9,12H2,1H3,(H,22,25). The molecule has 3 aromatic rings. The zero-order valence-electron chi connectivity index (χ0n) is 16.6. The van der Waals surface area contributed by atoms with Crippen molar-refractivity contribution in [2.24, 2.45) is 0 Å². The highest BCUT2D eigenvalue weighted by molar-refractivity contribution is 7.89. The van der Waals surface area contributed by atoms with E-state index in [-0.39, 0.29) is 41.3 Å². The summed E-state index contributed by atoms with van der Waals surface area (Å²) in [6.07, 6.45) is 0. The molecule has 9 nitrogen and oxygen atoms in total. The summed E-state index contributed by atoms with van der Waals surface area (Å²) in [7, 11) is -3.76. The molecule has 1 N–H and O–H groups in total. The van der Waals surface area contributed by atoms with E-state index in [4.69, 9.17) is 9.15 Å². The van der Waals surface area contributed by atoms with Crippen LogP contribution in [0, 0.1) is 12.7 Å². The van der Waals surface area contributed by atoms with Gasteiger partial charge in [-0.3, -0.25) is 9.36 Å². The van der Waals surface area contributed by atoms with Crippen LogP contribution in [0.2, 0.25) is 0 Å². The van der Waals surface area contributed by atoms with Crippen molar-refractivity contribution in [1.29, 1.82) is 0 Å². The molecule has 11 heteroatoms. The summed E-state index contributed by atoms with van der Waals surface area (Å²) >= 11 is 0. The maximum absolute atomic E-state index is 13.7. The van der Waals surface area contributed by atoms with E-state index in [0.717, 1.165) is 4.57 Å². The number of nitrogens with zero attached hydrogens (tertiary/aromatic N) is 2. The molecule has 164 valence electrons. The topological polar surface area (TPSA) is 111 Å². The molecule has 2 heterocycles. The van der Waals surface area contributed by atoms with Gasteiger partial charge in [-0.1, -0.05) is 6.07 Å². The van der Waals surface area contributed by atoms with Gasteiger partial charge in [-0.25, -0.2) is 17.6 Å². The van der Waals surface area contributed by atoms with Crippen molar-refractivity contribution in [3.63, 3.8) is 0 Å². The van der Waals surface area contributed by atoms with Gasteiger partial charge in [0.05, 0.1) is 23.6 Å². The molecule has 0 saturated carbocycles. The summed E-state index contributed by atoms with van der Waals surface area (Å²) in [5.74, 6) is -1.82. The van der Waals surface area contributed by atoms with E-state index in [2.05, 4.69) is 5.32 Å². The second-order valence-corrected chi connectivity index (χ2v) is 9.05. The van der Waals surface area contributed by atoms with Gasteiger partial charge in [0.15, 0.2) is 5.58 Å². The van der Waals surface area contributed by atoms with Crippen LogP contribution < -0.4 is 11.1 Å². The van der Waals surface area contributed by atoms with Crippen LogP contribution in [0.25, 0.3) is 11.1 Å². The fraction of sp³-hybridized carbons (Fsp3) is 0.300. The number of aryl methyl sites for hydroxylation is 1. The van der Waals surface area contributed by atoms with Crippen molar-refractivity contribution in [3.8, 4) is 0 Å². The van der Waals surface area contributed by atoms with Gasteiger partial charge in [-0.15, -0.1) is 0 Å². The maximum Gasteiger partial charge on any atom is 0.420 e.